The minimum absolute atomic E-state index is 0.257. The van der Waals surface area contributed by atoms with Gasteiger partial charge < -0.3 is 18.9 Å². The third kappa shape index (κ3) is 3.36. The molecule has 0 amide bonds. The van der Waals surface area contributed by atoms with E-state index in [1.54, 1.807) is 12.1 Å². The third-order valence-electron chi connectivity index (χ3n) is 2.16. The standard InChI is InChI=1S/C11H15N3O4/c1-15-9-6-8(18-5-4-13-14-12)7-10(16-2)11(9)17-3/h6-7H,4-5H2,1-3H3. The molecule has 0 saturated carbocycles. The van der Waals surface area contributed by atoms with Gasteiger partial charge in [-0.1, -0.05) is 5.11 Å². The van der Waals surface area contributed by atoms with Crippen LogP contribution < -0.4 is 18.9 Å². The van der Waals surface area contributed by atoms with Gasteiger partial charge in [0, 0.05) is 17.0 Å². The number of azide groups is 1. The number of nitrogens with zero attached hydrogens (tertiary/aromatic N) is 3. The van der Waals surface area contributed by atoms with E-state index < -0.39 is 0 Å². The smallest absolute Gasteiger partial charge is 0.203 e. The van der Waals surface area contributed by atoms with Gasteiger partial charge in [0.15, 0.2) is 11.5 Å². The van der Waals surface area contributed by atoms with Crippen molar-refractivity contribution in [2.75, 3.05) is 34.5 Å². The maximum absolute atomic E-state index is 8.14. The van der Waals surface area contributed by atoms with Gasteiger partial charge in [0.05, 0.1) is 34.5 Å². The van der Waals surface area contributed by atoms with Crippen molar-refractivity contribution in [2.45, 2.75) is 0 Å². The summed E-state index contributed by atoms with van der Waals surface area (Å²) in [4.78, 5) is 2.64. The first-order valence-corrected chi connectivity index (χ1v) is 5.20. The molecule has 98 valence electrons. The molecule has 0 bridgehead atoms. The zero-order valence-electron chi connectivity index (χ0n) is 10.5. The van der Waals surface area contributed by atoms with Crippen molar-refractivity contribution >= 4 is 0 Å². The average molecular weight is 253 g/mol. The highest BCUT2D eigenvalue weighted by Crippen LogP contribution is 2.40. The average Bonchev–Trinajstić information content (AvgIpc) is 2.42. The molecule has 0 N–H and O–H groups in total. The Morgan fingerprint density at radius 1 is 1.11 bits per heavy atom. The van der Waals surface area contributed by atoms with E-state index >= 15 is 0 Å². The van der Waals surface area contributed by atoms with E-state index in [0.717, 1.165) is 0 Å². The first kappa shape index (κ1) is 13.8. The van der Waals surface area contributed by atoms with E-state index in [4.69, 9.17) is 24.5 Å². The van der Waals surface area contributed by atoms with Gasteiger partial charge >= 0.3 is 0 Å². The maximum atomic E-state index is 8.14. The molecule has 0 aliphatic rings. The highest BCUT2D eigenvalue weighted by molar-refractivity contribution is 5.55. The lowest BCUT2D eigenvalue weighted by Gasteiger charge is -2.14. The van der Waals surface area contributed by atoms with Crippen molar-refractivity contribution in [3.05, 3.63) is 22.6 Å². The summed E-state index contributed by atoms with van der Waals surface area (Å²) < 4.78 is 21.0. The van der Waals surface area contributed by atoms with Gasteiger partial charge in [0.2, 0.25) is 5.75 Å². The van der Waals surface area contributed by atoms with Crippen molar-refractivity contribution < 1.29 is 18.9 Å². The molecule has 0 aliphatic carbocycles. The highest BCUT2D eigenvalue weighted by atomic mass is 16.5. The molecule has 0 aromatic heterocycles. The fourth-order valence-corrected chi connectivity index (χ4v) is 1.39. The number of hydrogen-bond donors (Lipinski definition) is 0. The summed E-state index contributed by atoms with van der Waals surface area (Å²) in [6.07, 6.45) is 0. The molecule has 0 fully saturated rings. The molecule has 1 aromatic carbocycles. The second-order valence-electron chi connectivity index (χ2n) is 3.16. The third-order valence-corrected chi connectivity index (χ3v) is 2.16. The van der Waals surface area contributed by atoms with Crippen LogP contribution in [0.2, 0.25) is 0 Å². The quantitative estimate of drug-likeness (QED) is 0.323. The fourth-order valence-electron chi connectivity index (χ4n) is 1.39. The van der Waals surface area contributed by atoms with Crippen LogP contribution in [0.5, 0.6) is 23.0 Å². The van der Waals surface area contributed by atoms with E-state index in [2.05, 4.69) is 10.0 Å². The Morgan fingerprint density at radius 2 is 1.72 bits per heavy atom. The van der Waals surface area contributed by atoms with Crippen LogP contribution in [-0.2, 0) is 0 Å². The topological polar surface area (TPSA) is 85.7 Å². The molecule has 18 heavy (non-hydrogen) atoms. The number of benzene rings is 1. The molecule has 7 nitrogen and oxygen atoms in total. The van der Waals surface area contributed by atoms with Gasteiger partial charge in [0.1, 0.15) is 5.75 Å². The monoisotopic (exact) mass is 253 g/mol. The second-order valence-corrected chi connectivity index (χ2v) is 3.16. The molecule has 0 unspecified atom stereocenters. The van der Waals surface area contributed by atoms with Gasteiger partial charge in [-0.3, -0.25) is 0 Å². The molecule has 0 heterocycles. The Balaban J connectivity index is 2.89. The Hall–Kier alpha value is -2.27. The predicted octanol–water partition coefficient (Wildman–Crippen LogP) is 2.40. The van der Waals surface area contributed by atoms with Crippen LogP contribution >= 0.6 is 0 Å². The van der Waals surface area contributed by atoms with Crippen LogP contribution in [0, 0.1) is 0 Å². The van der Waals surface area contributed by atoms with E-state index in [-0.39, 0.29) is 13.2 Å². The number of ether oxygens (including phenoxy) is 4. The van der Waals surface area contributed by atoms with Crippen LogP contribution in [0.25, 0.3) is 10.4 Å². The Morgan fingerprint density at radius 3 is 2.17 bits per heavy atom. The number of methoxy groups -OCH3 is 3. The summed E-state index contributed by atoms with van der Waals surface area (Å²) in [7, 11) is 4.59. The maximum Gasteiger partial charge on any atom is 0.203 e. The van der Waals surface area contributed by atoms with Crippen molar-refractivity contribution in [3.63, 3.8) is 0 Å². The van der Waals surface area contributed by atoms with Gasteiger partial charge in [-0.05, 0) is 5.53 Å². The number of rotatable bonds is 7. The largest absolute Gasteiger partial charge is 0.493 e. The lowest BCUT2D eigenvalue weighted by molar-refractivity contribution is 0.304. The fraction of sp³-hybridized carbons (Fsp3) is 0.455. The molecule has 0 saturated heterocycles. The van der Waals surface area contributed by atoms with Crippen molar-refractivity contribution in [1.29, 1.82) is 0 Å². The minimum Gasteiger partial charge on any atom is -0.493 e. The normalized spacial score (nSPS) is 9.28. The molecular formula is C11H15N3O4. The highest BCUT2D eigenvalue weighted by Gasteiger charge is 2.13. The Bertz CT molecular complexity index is 419. The van der Waals surface area contributed by atoms with E-state index in [1.165, 1.54) is 21.3 Å². The summed E-state index contributed by atoms with van der Waals surface area (Å²) in [5.74, 6) is 2.08. The Kier molecular flexibility index (Phi) is 5.47. The van der Waals surface area contributed by atoms with Crippen LogP contribution in [-0.4, -0.2) is 34.5 Å². The molecule has 7 heteroatoms. The minimum atomic E-state index is 0.257. The van der Waals surface area contributed by atoms with Gasteiger partial charge in [0.25, 0.3) is 0 Å². The van der Waals surface area contributed by atoms with Crippen LogP contribution in [0.4, 0.5) is 0 Å². The lowest BCUT2D eigenvalue weighted by atomic mass is 10.2. The van der Waals surface area contributed by atoms with E-state index in [1.807, 2.05) is 0 Å². The van der Waals surface area contributed by atoms with Crippen LogP contribution in [0.1, 0.15) is 0 Å². The zero-order valence-corrected chi connectivity index (χ0v) is 10.5. The molecule has 0 atom stereocenters. The van der Waals surface area contributed by atoms with Crippen molar-refractivity contribution in [2.24, 2.45) is 5.11 Å². The summed E-state index contributed by atoms with van der Waals surface area (Å²) in [6, 6.07) is 3.36. The second kappa shape index (κ2) is 7.13. The van der Waals surface area contributed by atoms with Gasteiger partial charge in [-0.25, -0.2) is 0 Å². The first-order valence-electron chi connectivity index (χ1n) is 5.20. The molecule has 0 radical (unpaired) electrons. The van der Waals surface area contributed by atoms with Gasteiger partial charge in [-0.2, -0.15) is 0 Å². The SMILES string of the molecule is COc1cc(OCCN=[N+]=[N-])cc(OC)c1OC. The zero-order chi connectivity index (χ0) is 13.4. The lowest BCUT2D eigenvalue weighted by Crippen LogP contribution is -2.02. The van der Waals surface area contributed by atoms with E-state index in [9.17, 15) is 0 Å². The Labute approximate surface area is 105 Å². The summed E-state index contributed by atoms with van der Waals surface area (Å²) in [6.45, 7) is 0.538. The summed E-state index contributed by atoms with van der Waals surface area (Å²) in [5, 5.41) is 3.37. The first-order chi connectivity index (χ1) is 8.76. The molecule has 1 aromatic rings. The van der Waals surface area contributed by atoms with Crippen molar-refractivity contribution in [1.82, 2.24) is 0 Å². The summed E-state index contributed by atoms with van der Waals surface area (Å²) in [5.41, 5.74) is 8.14. The number of hydrogen-bond acceptors (Lipinski definition) is 5. The molecular weight excluding hydrogens is 238 g/mol. The summed E-state index contributed by atoms with van der Waals surface area (Å²) >= 11 is 0. The van der Waals surface area contributed by atoms with E-state index in [0.29, 0.717) is 23.0 Å². The van der Waals surface area contributed by atoms with Crippen LogP contribution in [0.3, 0.4) is 0 Å². The van der Waals surface area contributed by atoms with Gasteiger partial charge in [-0.15, -0.1) is 0 Å². The molecule has 0 aliphatic heterocycles. The van der Waals surface area contributed by atoms with Crippen molar-refractivity contribution in [3.8, 4) is 23.0 Å². The molecule has 0 spiro atoms. The van der Waals surface area contributed by atoms with Crippen LogP contribution in [0.15, 0.2) is 17.2 Å². The molecule has 1 rings (SSSR count). The predicted molar refractivity (Wildman–Crippen MR) is 65.6 cm³/mol.